The van der Waals surface area contributed by atoms with Gasteiger partial charge in [-0.3, -0.25) is 4.57 Å². The van der Waals surface area contributed by atoms with Gasteiger partial charge in [-0.15, -0.1) is 0 Å². The fraction of sp³-hybridized carbons (Fsp3) is 0.375. The molecular formula is C16H19N3O6S. The zero-order chi connectivity index (χ0) is 19.1. The molecule has 2 aromatic rings. The number of anilines is 1. The van der Waals surface area contributed by atoms with Crippen molar-refractivity contribution in [1.82, 2.24) is 9.55 Å². The van der Waals surface area contributed by atoms with Crippen LogP contribution in [-0.2, 0) is 19.6 Å². The predicted octanol–water partition coefficient (Wildman–Crippen LogP) is -0.640. The van der Waals surface area contributed by atoms with Crippen molar-refractivity contribution in [3.05, 3.63) is 52.6 Å². The van der Waals surface area contributed by atoms with Gasteiger partial charge < -0.3 is 20.7 Å². The van der Waals surface area contributed by atoms with Crippen LogP contribution < -0.4 is 11.4 Å². The van der Waals surface area contributed by atoms with Gasteiger partial charge in [0.2, 0.25) is 9.84 Å². The van der Waals surface area contributed by atoms with E-state index in [2.05, 4.69) is 4.98 Å². The molecule has 4 N–H and O–H groups in total. The molecule has 9 nitrogen and oxygen atoms in total. The lowest BCUT2D eigenvalue weighted by Gasteiger charge is -2.31. The van der Waals surface area contributed by atoms with Crippen LogP contribution in [0.2, 0.25) is 0 Å². The summed E-state index contributed by atoms with van der Waals surface area (Å²) in [5, 5.41) is 17.4. The Morgan fingerprint density at radius 1 is 1.38 bits per heavy atom. The van der Waals surface area contributed by atoms with Gasteiger partial charge in [0.05, 0.1) is 17.6 Å². The second-order valence-electron chi connectivity index (χ2n) is 6.10. The van der Waals surface area contributed by atoms with E-state index in [1.807, 2.05) is 0 Å². The van der Waals surface area contributed by atoms with E-state index in [4.69, 9.17) is 10.5 Å². The fourth-order valence-electron chi connectivity index (χ4n) is 3.08. The lowest BCUT2D eigenvalue weighted by Crippen LogP contribution is -2.48. The van der Waals surface area contributed by atoms with Gasteiger partial charge in [-0.05, 0) is 24.6 Å². The monoisotopic (exact) mass is 381 g/mol. The van der Waals surface area contributed by atoms with E-state index in [1.54, 1.807) is 25.1 Å². The molecule has 1 saturated heterocycles. The highest BCUT2D eigenvalue weighted by molar-refractivity contribution is 7.92. The number of rotatable bonds is 4. The van der Waals surface area contributed by atoms with Crippen LogP contribution in [0.25, 0.3) is 0 Å². The molecule has 26 heavy (non-hydrogen) atoms. The Morgan fingerprint density at radius 2 is 2.08 bits per heavy atom. The Labute approximate surface area is 149 Å². The van der Waals surface area contributed by atoms with Crippen LogP contribution >= 0.6 is 0 Å². The van der Waals surface area contributed by atoms with E-state index < -0.39 is 45.8 Å². The minimum Gasteiger partial charge on any atom is -0.394 e. The molecule has 0 aliphatic carbocycles. The van der Waals surface area contributed by atoms with Crippen LogP contribution in [0.3, 0.4) is 0 Å². The van der Waals surface area contributed by atoms with Crippen molar-refractivity contribution in [2.24, 2.45) is 0 Å². The number of nitrogens with zero attached hydrogens (tertiary/aromatic N) is 2. The van der Waals surface area contributed by atoms with Gasteiger partial charge >= 0.3 is 5.69 Å². The van der Waals surface area contributed by atoms with Crippen molar-refractivity contribution in [3.63, 3.8) is 0 Å². The summed E-state index contributed by atoms with van der Waals surface area (Å²) in [6.07, 6.45) is -1.74. The van der Waals surface area contributed by atoms with Crippen LogP contribution in [0.1, 0.15) is 12.0 Å². The number of nitrogen functional groups attached to an aromatic ring is 1. The Balaban J connectivity index is 2.30. The fourth-order valence-corrected chi connectivity index (χ4v) is 5.21. The highest BCUT2D eigenvalue weighted by atomic mass is 32.2. The Morgan fingerprint density at radius 3 is 2.65 bits per heavy atom. The first-order valence-electron chi connectivity index (χ1n) is 7.85. The summed E-state index contributed by atoms with van der Waals surface area (Å²) in [7, 11) is -4.31. The molecule has 1 aliphatic rings. The lowest BCUT2D eigenvalue weighted by atomic mass is 10.2. The third-order valence-electron chi connectivity index (χ3n) is 4.41. The number of aromatic nitrogens is 2. The van der Waals surface area contributed by atoms with Crippen LogP contribution in [0.15, 0.2) is 46.2 Å². The van der Waals surface area contributed by atoms with Crippen LogP contribution in [-0.4, -0.2) is 47.0 Å². The summed E-state index contributed by atoms with van der Waals surface area (Å²) in [6, 6.07) is 7.49. The van der Waals surface area contributed by atoms with Crippen LogP contribution in [0.5, 0.6) is 0 Å². The number of aliphatic hydroxyl groups excluding tert-OH is 2. The third-order valence-corrected chi connectivity index (χ3v) is 6.74. The number of hydrogen-bond donors (Lipinski definition) is 3. The molecule has 1 aliphatic heterocycles. The number of sulfone groups is 1. The summed E-state index contributed by atoms with van der Waals surface area (Å²) in [5.41, 5.74) is 5.01. The summed E-state index contributed by atoms with van der Waals surface area (Å²) in [5.74, 6) is -0.0769. The van der Waals surface area contributed by atoms with Gasteiger partial charge in [-0.25, -0.2) is 13.2 Å². The van der Waals surface area contributed by atoms with Gasteiger partial charge in [0.15, 0.2) is 0 Å². The third kappa shape index (κ3) is 2.71. The van der Waals surface area contributed by atoms with Crippen molar-refractivity contribution in [2.45, 2.75) is 35.5 Å². The van der Waals surface area contributed by atoms with E-state index in [0.717, 1.165) is 10.8 Å². The molecular weight excluding hydrogens is 362 g/mol. The topological polar surface area (TPSA) is 145 Å². The molecule has 0 radical (unpaired) electrons. The minimum atomic E-state index is -4.31. The second-order valence-corrected chi connectivity index (χ2v) is 8.18. The smallest absolute Gasteiger partial charge is 0.352 e. The largest absolute Gasteiger partial charge is 0.394 e. The summed E-state index contributed by atoms with van der Waals surface area (Å²) in [6.45, 7) is 1.00. The maximum atomic E-state index is 13.5. The normalized spacial score (nSPS) is 26.1. The molecule has 3 rings (SSSR count). The minimum absolute atomic E-state index is 0.0467. The van der Waals surface area contributed by atoms with Crippen LogP contribution in [0.4, 0.5) is 5.82 Å². The van der Waals surface area contributed by atoms with Gasteiger partial charge in [-0.2, -0.15) is 4.98 Å². The molecule has 1 aromatic carbocycles. The molecule has 3 atom stereocenters. The van der Waals surface area contributed by atoms with Gasteiger partial charge in [-0.1, -0.05) is 18.2 Å². The number of benzene rings is 1. The number of hydrogen-bond acceptors (Lipinski definition) is 8. The first-order chi connectivity index (χ1) is 12.2. The van der Waals surface area contributed by atoms with Crippen molar-refractivity contribution in [2.75, 3.05) is 12.3 Å². The van der Waals surface area contributed by atoms with Crippen molar-refractivity contribution < 1.29 is 23.4 Å². The molecule has 0 amide bonds. The molecule has 1 aromatic heterocycles. The molecule has 2 heterocycles. The van der Waals surface area contributed by atoms with E-state index in [0.29, 0.717) is 5.56 Å². The molecule has 0 saturated carbocycles. The molecule has 10 heteroatoms. The zero-order valence-electron chi connectivity index (χ0n) is 13.9. The van der Waals surface area contributed by atoms with E-state index >= 15 is 0 Å². The average molecular weight is 381 g/mol. The first kappa shape index (κ1) is 18.5. The van der Waals surface area contributed by atoms with Crippen molar-refractivity contribution >= 4 is 15.7 Å². The Hall–Kier alpha value is -2.27. The highest BCUT2D eigenvalue weighted by Gasteiger charge is 2.57. The SMILES string of the molecule is Cc1ccccc1S(=O)(=O)[C@]1(n2ccc(N)nc2=O)C[C@H](O)[C@@H](CO)O1. The van der Waals surface area contributed by atoms with Gasteiger partial charge in [0, 0.05) is 12.6 Å². The number of nitrogens with two attached hydrogens (primary N) is 1. The quantitative estimate of drug-likeness (QED) is 0.634. The average Bonchev–Trinajstić information content (AvgIpc) is 2.93. The summed E-state index contributed by atoms with van der Waals surface area (Å²) in [4.78, 5) is 15.9. The number of aliphatic hydroxyl groups is 2. The lowest BCUT2D eigenvalue weighted by molar-refractivity contribution is -0.0696. The Kier molecular flexibility index (Phi) is 4.61. The highest BCUT2D eigenvalue weighted by Crippen LogP contribution is 2.43. The second kappa shape index (κ2) is 6.47. The summed E-state index contributed by atoms with van der Waals surface area (Å²) < 4.78 is 33.4. The molecule has 1 fully saturated rings. The molecule has 0 unspecified atom stereocenters. The number of aryl methyl sites for hydroxylation is 1. The molecule has 140 valence electrons. The first-order valence-corrected chi connectivity index (χ1v) is 9.34. The zero-order valence-corrected chi connectivity index (χ0v) is 14.8. The summed E-state index contributed by atoms with van der Waals surface area (Å²) >= 11 is 0. The number of ether oxygens (including phenoxy) is 1. The maximum Gasteiger partial charge on any atom is 0.352 e. The van der Waals surface area contributed by atoms with Crippen molar-refractivity contribution in [1.29, 1.82) is 0 Å². The van der Waals surface area contributed by atoms with Crippen LogP contribution in [0, 0.1) is 6.92 Å². The van der Waals surface area contributed by atoms with E-state index in [1.165, 1.54) is 12.1 Å². The Bertz CT molecular complexity index is 989. The molecule has 0 spiro atoms. The van der Waals surface area contributed by atoms with E-state index in [-0.39, 0.29) is 10.7 Å². The van der Waals surface area contributed by atoms with E-state index in [9.17, 15) is 23.4 Å². The van der Waals surface area contributed by atoms with Gasteiger partial charge in [0.25, 0.3) is 5.06 Å². The maximum absolute atomic E-state index is 13.5. The standard InChI is InChI=1S/C16H19N3O6S/c1-10-4-2-3-5-13(10)26(23,24)16(8-11(21)12(9-20)25-16)19-7-6-14(17)18-15(19)22/h2-7,11-12,20-21H,8-9H2,1H3,(H2,17,18,22)/t11-,12+,16-/m0/s1. The van der Waals surface area contributed by atoms with Gasteiger partial charge in [0.1, 0.15) is 11.9 Å². The predicted molar refractivity (Wildman–Crippen MR) is 91.8 cm³/mol. The van der Waals surface area contributed by atoms with Crippen molar-refractivity contribution in [3.8, 4) is 0 Å². The molecule has 0 bridgehead atoms.